The van der Waals surface area contributed by atoms with Crippen LogP contribution in [-0.2, 0) is 4.74 Å². The van der Waals surface area contributed by atoms with E-state index < -0.39 is 0 Å². The highest BCUT2D eigenvalue weighted by Gasteiger charge is 2.59. The number of fused-ring (bicyclic) bond motifs is 5. The van der Waals surface area contributed by atoms with Crippen molar-refractivity contribution < 1.29 is 14.0 Å². The summed E-state index contributed by atoms with van der Waals surface area (Å²) < 4.78 is 6.64. The molecule has 0 bridgehead atoms. The number of carbonyl (C=O) groups excluding carboxylic acids is 1. The number of quaternary nitrogens is 1. The highest BCUT2D eigenvalue weighted by atomic mass is 16.6. The monoisotopic (exact) mass is 515 g/mol. The molecular weight excluding hydrogens is 456 g/mol. The van der Waals surface area contributed by atoms with E-state index in [-0.39, 0.29) is 18.4 Å². The molecule has 3 saturated carbocycles. The van der Waals surface area contributed by atoms with Gasteiger partial charge in [0.15, 0.2) is 6.17 Å². The summed E-state index contributed by atoms with van der Waals surface area (Å²) in [5.74, 6) is 5.18. The van der Waals surface area contributed by atoms with Crippen LogP contribution in [0.3, 0.4) is 0 Å². The first-order valence-electron chi connectivity index (χ1n) is 15.7. The van der Waals surface area contributed by atoms with Gasteiger partial charge in [-0.3, -0.25) is 5.32 Å². The molecule has 0 aromatic heterocycles. The van der Waals surface area contributed by atoms with Crippen molar-refractivity contribution in [1.82, 2.24) is 5.32 Å². The van der Waals surface area contributed by atoms with Gasteiger partial charge in [-0.2, -0.15) is 0 Å². The molecule has 37 heavy (non-hydrogen) atoms. The summed E-state index contributed by atoms with van der Waals surface area (Å²) in [7, 11) is 6.28. The van der Waals surface area contributed by atoms with Gasteiger partial charge in [-0.05, 0) is 91.3 Å². The lowest BCUT2D eigenvalue weighted by Gasteiger charge is -2.58. The van der Waals surface area contributed by atoms with Gasteiger partial charge >= 0.3 is 6.09 Å². The van der Waals surface area contributed by atoms with E-state index in [4.69, 9.17) is 4.74 Å². The molecule has 0 aromatic rings. The molecule has 3 fully saturated rings. The highest BCUT2D eigenvalue weighted by Crippen LogP contribution is 2.67. The number of alkyl carbamates (subject to hydrolysis) is 1. The van der Waals surface area contributed by atoms with Gasteiger partial charge in [0.05, 0.1) is 21.1 Å². The third-order valence-corrected chi connectivity index (χ3v) is 12.0. The second-order valence-electron chi connectivity index (χ2n) is 15.5. The van der Waals surface area contributed by atoms with Gasteiger partial charge in [0, 0.05) is 13.3 Å². The van der Waals surface area contributed by atoms with Crippen LogP contribution in [0, 0.1) is 46.3 Å². The van der Waals surface area contributed by atoms with Gasteiger partial charge in [-0.15, -0.1) is 0 Å². The number of nitrogens with zero attached hydrogens (tertiary/aromatic N) is 1. The summed E-state index contributed by atoms with van der Waals surface area (Å²) in [5.41, 5.74) is 2.44. The lowest BCUT2D eigenvalue weighted by atomic mass is 9.47. The molecule has 0 saturated heterocycles. The standard InChI is InChI=1S/C33H58N2O2/c1-22(2)11-10-12-23(3)28-15-16-29-27-14-13-25-21-26(37-31(36)34-24(4)35(7,8)9)17-19-32(25,5)30(27)18-20-33(28,29)6/h13,22-24,26-30H,10-12,14-21H2,1-9H3/p+1/t23-,24?,26+,27+,28-,29+,30+,32+,33-/m1/s1. The second-order valence-corrected chi connectivity index (χ2v) is 15.5. The van der Waals surface area contributed by atoms with Gasteiger partial charge in [0.25, 0.3) is 0 Å². The molecular formula is C33H59N2O2+. The lowest BCUT2D eigenvalue weighted by molar-refractivity contribution is -0.896. The Balaban J connectivity index is 1.39. The molecule has 4 aliphatic rings. The van der Waals surface area contributed by atoms with Crippen LogP contribution in [-0.4, -0.2) is 44.0 Å². The minimum absolute atomic E-state index is 0.0203. The first-order valence-corrected chi connectivity index (χ1v) is 15.7. The second kappa shape index (κ2) is 10.9. The Morgan fingerprint density at radius 1 is 1.03 bits per heavy atom. The van der Waals surface area contributed by atoms with Gasteiger partial charge < -0.3 is 9.22 Å². The van der Waals surface area contributed by atoms with E-state index in [0.29, 0.717) is 15.3 Å². The fourth-order valence-electron chi connectivity index (χ4n) is 9.30. The summed E-state index contributed by atoms with van der Waals surface area (Å²) in [6, 6.07) is 0. The Bertz CT molecular complexity index is 844. The number of hydrogen-bond donors (Lipinski definition) is 1. The van der Waals surface area contributed by atoms with Crippen LogP contribution < -0.4 is 5.32 Å². The number of ether oxygens (including phenoxy) is 1. The fraction of sp³-hybridized carbons (Fsp3) is 0.909. The predicted octanol–water partition coefficient (Wildman–Crippen LogP) is 8.17. The third-order valence-electron chi connectivity index (χ3n) is 12.0. The molecule has 0 radical (unpaired) electrons. The molecule has 0 aliphatic heterocycles. The normalized spacial score (nSPS) is 39.2. The van der Waals surface area contributed by atoms with E-state index in [1.54, 1.807) is 5.57 Å². The van der Waals surface area contributed by atoms with E-state index in [1.807, 2.05) is 6.92 Å². The number of rotatable bonds is 8. The lowest BCUT2D eigenvalue weighted by Crippen LogP contribution is -2.54. The molecule has 0 heterocycles. The van der Waals surface area contributed by atoms with Crippen LogP contribution in [0.4, 0.5) is 4.79 Å². The van der Waals surface area contributed by atoms with E-state index in [1.165, 1.54) is 57.8 Å². The molecule has 4 aliphatic carbocycles. The molecule has 4 nitrogen and oxygen atoms in total. The van der Waals surface area contributed by atoms with Gasteiger partial charge in [-0.25, -0.2) is 4.79 Å². The van der Waals surface area contributed by atoms with Crippen molar-refractivity contribution in [2.75, 3.05) is 21.1 Å². The van der Waals surface area contributed by atoms with Crippen LogP contribution in [0.25, 0.3) is 0 Å². The number of amides is 1. The Labute approximate surface area is 228 Å². The largest absolute Gasteiger partial charge is 0.446 e. The third kappa shape index (κ3) is 5.80. The Morgan fingerprint density at radius 2 is 1.76 bits per heavy atom. The smallest absolute Gasteiger partial charge is 0.411 e. The zero-order valence-corrected chi connectivity index (χ0v) is 25.7. The molecule has 1 unspecified atom stereocenters. The number of hydrogen-bond acceptors (Lipinski definition) is 2. The summed E-state index contributed by atoms with van der Waals surface area (Å²) in [6.07, 6.45) is 16.7. The van der Waals surface area contributed by atoms with Crippen LogP contribution in [0.2, 0.25) is 0 Å². The number of nitrogens with one attached hydrogen (secondary N) is 1. The molecule has 9 atom stereocenters. The Morgan fingerprint density at radius 3 is 2.43 bits per heavy atom. The Hall–Kier alpha value is -1.03. The van der Waals surface area contributed by atoms with Gasteiger partial charge in [-0.1, -0.05) is 65.5 Å². The maximum absolute atomic E-state index is 12.6. The SMILES string of the molecule is CC(C)CCC[C@@H](C)[C@H]1CC[C@H]2[C@@H]3CC=C4C[C@@H](OC(=O)NC(C)[N+](C)(C)C)CC[C@]4(C)[C@H]3CC[C@]12C. The van der Waals surface area contributed by atoms with E-state index >= 15 is 0 Å². The minimum Gasteiger partial charge on any atom is -0.446 e. The van der Waals surface area contributed by atoms with E-state index in [9.17, 15) is 4.79 Å². The number of allylic oxidation sites excluding steroid dienone is 1. The van der Waals surface area contributed by atoms with Gasteiger partial charge in [0.1, 0.15) is 6.10 Å². The number of carbonyl (C=O) groups is 1. The summed E-state index contributed by atoms with van der Waals surface area (Å²) in [4.78, 5) is 12.6. The maximum atomic E-state index is 12.6. The summed E-state index contributed by atoms with van der Waals surface area (Å²) in [6.45, 7) is 14.6. The van der Waals surface area contributed by atoms with Crippen LogP contribution in [0.1, 0.15) is 112 Å². The van der Waals surface area contributed by atoms with Crippen molar-refractivity contribution in [3.63, 3.8) is 0 Å². The maximum Gasteiger partial charge on any atom is 0.411 e. The Kier molecular flexibility index (Phi) is 8.50. The minimum atomic E-state index is -0.253. The highest BCUT2D eigenvalue weighted by molar-refractivity contribution is 5.67. The fourth-order valence-corrected chi connectivity index (χ4v) is 9.30. The zero-order chi connectivity index (χ0) is 27.2. The van der Waals surface area contributed by atoms with E-state index in [2.05, 4.69) is 67.2 Å². The van der Waals surface area contributed by atoms with Crippen LogP contribution in [0.15, 0.2) is 11.6 Å². The van der Waals surface area contributed by atoms with Crippen molar-refractivity contribution >= 4 is 6.09 Å². The topological polar surface area (TPSA) is 38.3 Å². The molecule has 4 rings (SSSR count). The molecule has 212 valence electrons. The van der Waals surface area contributed by atoms with Crippen molar-refractivity contribution in [3.8, 4) is 0 Å². The van der Waals surface area contributed by atoms with Gasteiger partial charge in [0.2, 0.25) is 0 Å². The molecule has 0 aromatic carbocycles. The average Bonchev–Trinajstić information content (AvgIpc) is 3.15. The molecule has 4 heteroatoms. The van der Waals surface area contributed by atoms with E-state index in [0.717, 1.165) is 48.3 Å². The quantitative estimate of drug-likeness (QED) is 0.201. The van der Waals surface area contributed by atoms with Crippen molar-refractivity contribution in [2.45, 2.75) is 124 Å². The van der Waals surface area contributed by atoms with Crippen LogP contribution in [0.5, 0.6) is 0 Å². The predicted molar refractivity (Wildman–Crippen MR) is 154 cm³/mol. The van der Waals surface area contributed by atoms with Crippen molar-refractivity contribution in [2.24, 2.45) is 46.3 Å². The van der Waals surface area contributed by atoms with Crippen molar-refractivity contribution in [1.29, 1.82) is 0 Å². The first-order chi connectivity index (χ1) is 17.3. The average molecular weight is 516 g/mol. The molecule has 1 amide bonds. The molecule has 0 spiro atoms. The summed E-state index contributed by atoms with van der Waals surface area (Å²) in [5, 5.41) is 3.05. The van der Waals surface area contributed by atoms with Crippen molar-refractivity contribution in [3.05, 3.63) is 11.6 Å². The first kappa shape index (κ1) is 29.0. The molecule has 1 N–H and O–H groups in total. The summed E-state index contributed by atoms with van der Waals surface area (Å²) >= 11 is 0. The van der Waals surface area contributed by atoms with Crippen LogP contribution >= 0.6 is 0 Å². The zero-order valence-electron chi connectivity index (χ0n) is 25.7.